The fourth-order valence-corrected chi connectivity index (χ4v) is 1.95. The van der Waals surface area contributed by atoms with Crippen molar-refractivity contribution < 1.29 is 4.74 Å². The van der Waals surface area contributed by atoms with E-state index in [1.165, 1.54) is 30.5 Å². The number of ether oxygens (including phenoxy) is 1. The number of nitrogens with zero attached hydrogens (tertiary/aromatic N) is 2. The van der Waals surface area contributed by atoms with Gasteiger partial charge < -0.3 is 4.74 Å². The Bertz CT molecular complexity index is 322. The Morgan fingerprint density at radius 3 is 2.44 bits per heavy atom. The van der Waals surface area contributed by atoms with E-state index in [1.54, 1.807) is 13.4 Å². The van der Waals surface area contributed by atoms with E-state index in [1.807, 2.05) is 13.8 Å². The van der Waals surface area contributed by atoms with Gasteiger partial charge in [0.15, 0.2) is 0 Å². The van der Waals surface area contributed by atoms with E-state index in [-0.39, 0.29) is 0 Å². The van der Waals surface area contributed by atoms with Crippen LogP contribution < -0.4 is 4.74 Å². The van der Waals surface area contributed by atoms with Crippen molar-refractivity contribution >= 4 is 0 Å². The first-order valence-corrected chi connectivity index (χ1v) is 6.24. The second kappa shape index (κ2) is 6.46. The summed E-state index contributed by atoms with van der Waals surface area (Å²) in [5.74, 6) is 1.41. The van der Waals surface area contributed by atoms with Crippen LogP contribution in [0.25, 0.3) is 0 Å². The van der Waals surface area contributed by atoms with Crippen molar-refractivity contribution in [1.82, 2.24) is 9.97 Å². The number of aromatic nitrogens is 2. The Morgan fingerprint density at radius 2 is 2.00 bits per heavy atom. The first-order valence-electron chi connectivity index (χ1n) is 6.24. The molecule has 0 bridgehead atoms. The number of rotatable bonds is 3. The quantitative estimate of drug-likeness (QED) is 0.786. The van der Waals surface area contributed by atoms with Crippen LogP contribution in [0.2, 0.25) is 0 Å². The highest BCUT2D eigenvalue weighted by Gasteiger charge is 2.24. The topological polar surface area (TPSA) is 35.0 Å². The maximum atomic E-state index is 5.24. The first-order chi connectivity index (χ1) is 7.86. The molecular formula is C13H22N2O. The Kier molecular flexibility index (Phi) is 5.23. The van der Waals surface area contributed by atoms with Gasteiger partial charge in [-0.3, -0.25) is 0 Å². The van der Waals surface area contributed by atoms with E-state index < -0.39 is 0 Å². The van der Waals surface area contributed by atoms with Crippen LogP contribution in [0.4, 0.5) is 0 Å². The van der Waals surface area contributed by atoms with Crippen molar-refractivity contribution in [2.45, 2.75) is 52.4 Å². The molecule has 3 heteroatoms. The normalized spacial score (nSPS) is 14.8. The van der Waals surface area contributed by atoms with E-state index in [9.17, 15) is 0 Å². The number of hydrogen-bond acceptors (Lipinski definition) is 3. The van der Waals surface area contributed by atoms with Crippen LogP contribution in [-0.2, 0) is 6.42 Å². The minimum atomic E-state index is 0.654. The summed E-state index contributed by atoms with van der Waals surface area (Å²) < 4.78 is 5.24. The van der Waals surface area contributed by atoms with Gasteiger partial charge in [-0.1, -0.05) is 27.2 Å². The summed E-state index contributed by atoms with van der Waals surface area (Å²) in [5.41, 5.74) is 2.41. The average molecular weight is 222 g/mol. The third-order valence-electron chi connectivity index (χ3n) is 2.98. The summed E-state index contributed by atoms with van der Waals surface area (Å²) in [5, 5.41) is 0. The van der Waals surface area contributed by atoms with E-state index in [2.05, 4.69) is 16.9 Å². The van der Waals surface area contributed by atoms with Gasteiger partial charge in [0.1, 0.15) is 6.33 Å². The van der Waals surface area contributed by atoms with Gasteiger partial charge in [0, 0.05) is 11.5 Å². The monoisotopic (exact) mass is 222 g/mol. The van der Waals surface area contributed by atoms with E-state index >= 15 is 0 Å². The fourth-order valence-electron chi connectivity index (χ4n) is 1.95. The molecule has 0 N–H and O–H groups in total. The molecule has 0 saturated heterocycles. The minimum Gasteiger partial charge on any atom is -0.481 e. The van der Waals surface area contributed by atoms with Crippen LogP contribution in [0, 0.1) is 0 Å². The van der Waals surface area contributed by atoms with Crippen LogP contribution in [0.3, 0.4) is 0 Å². The highest BCUT2D eigenvalue weighted by Crippen LogP contribution is 2.38. The van der Waals surface area contributed by atoms with Gasteiger partial charge in [0.05, 0.1) is 12.8 Å². The highest BCUT2D eigenvalue weighted by molar-refractivity contribution is 5.32. The van der Waals surface area contributed by atoms with Crippen molar-refractivity contribution in [3.63, 3.8) is 0 Å². The third-order valence-corrected chi connectivity index (χ3v) is 2.98. The molecule has 1 aromatic rings. The summed E-state index contributed by atoms with van der Waals surface area (Å²) in [7, 11) is 1.67. The van der Waals surface area contributed by atoms with Crippen LogP contribution >= 0.6 is 0 Å². The maximum Gasteiger partial charge on any atom is 0.219 e. The molecule has 0 amide bonds. The molecule has 0 spiro atoms. The van der Waals surface area contributed by atoms with Crippen LogP contribution in [0.1, 0.15) is 57.2 Å². The second-order valence-electron chi connectivity index (χ2n) is 3.73. The van der Waals surface area contributed by atoms with Crippen LogP contribution in [0.5, 0.6) is 5.88 Å². The Balaban J connectivity index is 0.000000606. The van der Waals surface area contributed by atoms with Gasteiger partial charge in [-0.2, -0.15) is 0 Å². The summed E-state index contributed by atoms with van der Waals surface area (Å²) >= 11 is 0. The molecular weight excluding hydrogens is 200 g/mol. The van der Waals surface area contributed by atoms with Crippen molar-refractivity contribution in [2.24, 2.45) is 0 Å². The molecule has 90 valence electrons. The van der Waals surface area contributed by atoms with Crippen molar-refractivity contribution in [1.29, 1.82) is 0 Å². The van der Waals surface area contributed by atoms with Crippen molar-refractivity contribution in [2.75, 3.05) is 7.11 Å². The fraction of sp³-hybridized carbons (Fsp3) is 0.692. The SMILES string of the molecule is CC.CCc1c(OC)ncnc1C1CCC1. The molecule has 1 aliphatic carbocycles. The molecule has 1 saturated carbocycles. The molecule has 0 unspecified atom stereocenters. The van der Waals surface area contributed by atoms with Gasteiger partial charge in [-0.15, -0.1) is 0 Å². The zero-order valence-electron chi connectivity index (χ0n) is 10.8. The van der Waals surface area contributed by atoms with Gasteiger partial charge in [-0.05, 0) is 19.3 Å². The average Bonchev–Trinajstić information content (AvgIpc) is 2.29. The molecule has 0 aromatic carbocycles. The largest absolute Gasteiger partial charge is 0.481 e. The number of methoxy groups -OCH3 is 1. The summed E-state index contributed by atoms with van der Waals surface area (Å²) in [6, 6.07) is 0. The van der Waals surface area contributed by atoms with Gasteiger partial charge in [0.2, 0.25) is 5.88 Å². The molecule has 1 heterocycles. The number of hydrogen-bond donors (Lipinski definition) is 0. The molecule has 1 aromatic heterocycles. The molecule has 16 heavy (non-hydrogen) atoms. The van der Waals surface area contributed by atoms with Crippen LogP contribution in [0.15, 0.2) is 6.33 Å². The predicted octanol–water partition coefficient (Wildman–Crippen LogP) is 3.34. The smallest absolute Gasteiger partial charge is 0.219 e. The molecule has 1 fully saturated rings. The predicted molar refractivity (Wildman–Crippen MR) is 65.9 cm³/mol. The second-order valence-corrected chi connectivity index (χ2v) is 3.73. The summed E-state index contributed by atoms with van der Waals surface area (Å²) in [6.45, 7) is 6.13. The third kappa shape index (κ3) is 2.52. The molecule has 0 atom stereocenters. The van der Waals surface area contributed by atoms with E-state index in [4.69, 9.17) is 4.74 Å². The lowest BCUT2D eigenvalue weighted by Gasteiger charge is -2.26. The van der Waals surface area contributed by atoms with Crippen molar-refractivity contribution in [3.8, 4) is 5.88 Å². The Labute approximate surface area is 98.3 Å². The van der Waals surface area contributed by atoms with Gasteiger partial charge >= 0.3 is 0 Å². The highest BCUT2D eigenvalue weighted by atomic mass is 16.5. The van der Waals surface area contributed by atoms with Crippen molar-refractivity contribution in [3.05, 3.63) is 17.6 Å². The van der Waals surface area contributed by atoms with E-state index in [0.717, 1.165) is 12.3 Å². The lowest BCUT2D eigenvalue weighted by atomic mass is 9.81. The van der Waals surface area contributed by atoms with Crippen LogP contribution in [-0.4, -0.2) is 17.1 Å². The van der Waals surface area contributed by atoms with Gasteiger partial charge in [-0.25, -0.2) is 9.97 Å². The molecule has 0 radical (unpaired) electrons. The Morgan fingerprint density at radius 1 is 1.31 bits per heavy atom. The lowest BCUT2D eigenvalue weighted by molar-refractivity contribution is 0.376. The lowest BCUT2D eigenvalue weighted by Crippen LogP contribution is -2.14. The molecule has 2 rings (SSSR count). The molecule has 3 nitrogen and oxygen atoms in total. The Hall–Kier alpha value is -1.12. The van der Waals surface area contributed by atoms with Gasteiger partial charge in [0.25, 0.3) is 0 Å². The molecule has 0 aliphatic heterocycles. The molecule has 1 aliphatic rings. The maximum absolute atomic E-state index is 5.24. The summed E-state index contributed by atoms with van der Waals surface area (Å²) in [4.78, 5) is 8.53. The van der Waals surface area contributed by atoms with E-state index in [0.29, 0.717) is 5.92 Å². The standard InChI is InChI=1S/C11H16N2O.C2H6/c1-3-9-10(8-5-4-6-8)12-7-13-11(9)14-2;1-2/h7-8H,3-6H2,1-2H3;1-2H3. The first kappa shape index (κ1) is 12.9. The summed E-state index contributed by atoms with van der Waals surface area (Å²) in [6.07, 6.45) is 6.45. The zero-order valence-corrected chi connectivity index (χ0v) is 10.8. The zero-order chi connectivity index (χ0) is 12.0. The minimum absolute atomic E-state index is 0.654.